The molecule has 0 aliphatic carbocycles. The van der Waals surface area contributed by atoms with Crippen LogP contribution in [0.3, 0.4) is 0 Å². The summed E-state index contributed by atoms with van der Waals surface area (Å²) in [7, 11) is 0. The molecule has 0 spiro atoms. The molecule has 130 valence electrons. The van der Waals surface area contributed by atoms with Gasteiger partial charge in [0.15, 0.2) is 0 Å². The molecule has 0 aliphatic heterocycles. The molecule has 1 aromatic rings. The molecular weight excluding hydrogens is 296 g/mol. The van der Waals surface area contributed by atoms with E-state index in [1.807, 2.05) is 6.92 Å². The summed E-state index contributed by atoms with van der Waals surface area (Å²) in [6, 6.07) is 5.22. The SMILES string of the molecule is CCc1cc(C(O)C(O)CCNC(=O)OC(C)(C)C)ccc1N. The Morgan fingerprint density at radius 2 is 2.00 bits per heavy atom. The zero-order valence-electron chi connectivity index (χ0n) is 14.3. The fourth-order valence-corrected chi connectivity index (χ4v) is 2.13. The van der Waals surface area contributed by atoms with E-state index in [0.29, 0.717) is 11.3 Å². The first kappa shape index (κ1) is 19.3. The molecule has 1 amide bonds. The predicted octanol–water partition coefficient (Wildman–Crippen LogP) is 2.14. The van der Waals surface area contributed by atoms with Crippen molar-refractivity contribution in [3.05, 3.63) is 29.3 Å². The van der Waals surface area contributed by atoms with Gasteiger partial charge >= 0.3 is 6.09 Å². The average Bonchev–Trinajstić information content (AvgIpc) is 2.45. The van der Waals surface area contributed by atoms with Gasteiger partial charge in [-0.1, -0.05) is 19.1 Å². The summed E-state index contributed by atoms with van der Waals surface area (Å²) in [6.07, 6.45) is -1.59. The highest BCUT2D eigenvalue weighted by Crippen LogP contribution is 2.23. The number of nitrogens with one attached hydrogen (secondary N) is 1. The van der Waals surface area contributed by atoms with Gasteiger partial charge in [-0.3, -0.25) is 0 Å². The van der Waals surface area contributed by atoms with Crippen LogP contribution in [0, 0.1) is 0 Å². The molecule has 5 N–H and O–H groups in total. The van der Waals surface area contributed by atoms with Gasteiger partial charge in [0.2, 0.25) is 0 Å². The summed E-state index contributed by atoms with van der Waals surface area (Å²) in [5.41, 5.74) is 7.48. The monoisotopic (exact) mass is 324 g/mol. The van der Waals surface area contributed by atoms with E-state index in [9.17, 15) is 15.0 Å². The van der Waals surface area contributed by atoms with E-state index >= 15 is 0 Å². The number of alkyl carbamates (subject to hydrolysis) is 1. The molecule has 0 radical (unpaired) electrons. The van der Waals surface area contributed by atoms with Crippen molar-refractivity contribution in [2.45, 2.75) is 58.3 Å². The number of nitrogens with two attached hydrogens (primary N) is 1. The maximum atomic E-state index is 11.5. The van der Waals surface area contributed by atoms with Crippen LogP contribution in [0.4, 0.5) is 10.5 Å². The standard InChI is InChI=1S/C17H28N2O4/c1-5-11-10-12(6-7-13(11)18)15(21)14(20)8-9-19-16(22)23-17(2,3)4/h6-7,10,14-15,20-21H,5,8-9,18H2,1-4H3,(H,19,22). The van der Waals surface area contributed by atoms with E-state index in [4.69, 9.17) is 10.5 Å². The van der Waals surface area contributed by atoms with Crippen LogP contribution < -0.4 is 11.1 Å². The van der Waals surface area contributed by atoms with Crippen molar-refractivity contribution in [2.75, 3.05) is 12.3 Å². The third-order valence-electron chi connectivity index (χ3n) is 3.36. The summed E-state index contributed by atoms with van der Waals surface area (Å²) in [5, 5.41) is 22.8. The molecule has 0 aliphatic rings. The van der Waals surface area contributed by atoms with Crippen LogP contribution in [-0.4, -0.2) is 34.6 Å². The van der Waals surface area contributed by atoms with Gasteiger partial charge in [0, 0.05) is 12.2 Å². The quantitative estimate of drug-likeness (QED) is 0.600. The Morgan fingerprint density at radius 1 is 1.35 bits per heavy atom. The first-order chi connectivity index (χ1) is 10.6. The third-order valence-corrected chi connectivity index (χ3v) is 3.36. The van der Waals surface area contributed by atoms with Crippen LogP contribution in [0.1, 0.15) is 51.3 Å². The summed E-state index contributed by atoms with van der Waals surface area (Å²) in [5.74, 6) is 0. The number of ether oxygens (including phenoxy) is 1. The lowest BCUT2D eigenvalue weighted by Gasteiger charge is -2.21. The van der Waals surface area contributed by atoms with Crippen molar-refractivity contribution in [1.29, 1.82) is 0 Å². The van der Waals surface area contributed by atoms with Crippen molar-refractivity contribution in [3.8, 4) is 0 Å². The number of rotatable bonds is 6. The number of aliphatic hydroxyl groups is 2. The number of anilines is 1. The number of hydrogen-bond acceptors (Lipinski definition) is 5. The van der Waals surface area contributed by atoms with Crippen LogP contribution in [-0.2, 0) is 11.2 Å². The molecule has 0 bridgehead atoms. The van der Waals surface area contributed by atoms with Crippen molar-refractivity contribution >= 4 is 11.8 Å². The van der Waals surface area contributed by atoms with Crippen LogP contribution in [0.25, 0.3) is 0 Å². The molecule has 0 aromatic heterocycles. The highest BCUT2D eigenvalue weighted by Gasteiger charge is 2.20. The number of aliphatic hydroxyl groups excluding tert-OH is 2. The van der Waals surface area contributed by atoms with Gasteiger partial charge < -0.3 is 26.0 Å². The van der Waals surface area contributed by atoms with E-state index in [1.165, 1.54) is 0 Å². The number of carbonyl (C=O) groups is 1. The maximum absolute atomic E-state index is 11.5. The van der Waals surface area contributed by atoms with Gasteiger partial charge in [0.05, 0.1) is 6.10 Å². The zero-order valence-corrected chi connectivity index (χ0v) is 14.3. The Hall–Kier alpha value is -1.79. The molecule has 2 unspecified atom stereocenters. The van der Waals surface area contributed by atoms with Gasteiger partial charge in [-0.25, -0.2) is 4.79 Å². The highest BCUT2D eigenvalue weighted by atomic mass is 16.6. The van der Waals surface area contributed by atoms with Crippen LogP contribution in [0.15, 0.2) is 18.2 Å². The summed E-state index contributed by atoms with van der Waals surface area (Å²) >= 11 is 0. The number of amides is 1. The number of aryl methyl sites for hydroxylation is 1. The van der Waals surface area contributed by atoms with E-state index in [0.717, 1.165) is 12.0 Å². The predicted molar refractivity (Wildman–Crippen MR) is 90.1 cm³/mol. The second kappa shape index (κ2) is 8.17. The normalized spacial score (nSPS) is 14.2. The molecule has 6 heteroatoms. The fraction of sp³-hybridized carbons (Fsp3) is 0.588. The van der Waals surface area contributed by atoms with Crippen molar-refractivity contribution in [2.24, 2.45) is 0 Å². The lowest BCUT2D eigenvalue weighted by atomic mass is 9.98. The zero-order chi connectivity index (χ0) is 17.6. The molecule has 2 atom stereocenters. The number of carbonyl (C=O) groups excluding carboxylic acids is 1. The molecule has 0 heterocycles. The summed E-state index contributed by atoms with van der Waals surface area (Å²) in [6.45, 7) is 7.51. The van der Waals surface area contributed by atoms with Gasteiger partial charge in [-0.05, 0) is 50.8 Å². The second-order valence-electron chi connectivity index (χ2n) is 6.54. The Balaban J connectivity index is 2.51. The largest absolute Gasteiger partial charge is 0.444 e. The lowest BCUT2D eigenvalue weighted by molar-refractivity contribution is 0.0123. The van der Waals surface area contributed by atoms with Gasteiger partial charge in [-0.2, -0.15) is 0 Å². The molecule has 23 heavy (non-hydrogen) atoms. The van der Waals surface area contributed by atoms with Gasteiger partial charge in [-0.15, -0.1) is 0 Å². The minimum atomic E-state index is -1.03. The van der Waals surface area contributed by atoms with Crippen LogP contribution in [0.2, 0.25) is 0 Å². The number of hydrogen-bond donors (Lipinski definition) is 4. The van der Waals surface area contributed by atoms with E-state index in [1.54, 1.807) is 39.0 Å². The van der Waals surface area contributed by atoms with E-state index in [-0.39, 0.29) is 13.0 Å². The molecular formula is C17H28N2O4. The minimum Gasteiger partial charge on any atom is -0.444 e. The Labute approximate surface area is 137 Å². The van der Waals surface area contributed by atoms with Gasteiger partial charge in [0.25, 0.3) is 0 Å². The number of benzene rings is 1. The van der Waals surface area contributed by atoms with Crippen LogP contribution in [0.5, 0.6) is 0 Å². The highest BCUT2D eigenvalue weighted by molar-refractivity contribution is 5.67. The van der Waals surface area contributed by atoms with Crippen molar-refractivity contribution in [1.82, 2.24) is 5.32 Å². The Kier molecular flexibility index (Phi) is 6.84. The molecule has 1 aromatic carbocycles. The Morgan fingerprint density at radius 3 is 2.57 bits per heavy atom. The summed E-state index contributed by atoms with van der Waals surface area (Å²) in [4.78, 5) is 11.5. The molecule has 1 rings (SSSR count). The fourth-order valence-electron chi connectivity index (χ4n) is 2.13. The lowest BCUT2D eigenvalue weighted by Crippen LogP contribution is -2.34. The van der Waals surface area contributed by atoms with E-state index < -0.39 is 23.9 Å². The van der Waals surface area contributed by atoms with Crippen molar-refractivity contribution < 1.29 is 19.7 Å². The molecule has 0 saturated carbocycles. The van der Waals surface area contributed by atoms with Crippen LogP contribution >= 0.6 is 0 Å². The van der Waals surface area contributed by atoms with E-state index in [2.05, 4.69) is 5.32 Å². The molecule has 0 saturated heterocycles. The minimum absolute atomic E-state index is 0.211. The van der Waals surface area contributed by atoms with Gasteiger partial charge in [0.1, 0.15) is 11.7 Å². The second-order valence-corrected chi connectivity index (χ2v) is 6.54. The average molecular weight is 324 g/mol. The Bertz CT molecular complexity index is 526. The third kappa shape index (κ3) is 6.46. The molecule has 6 nitrogen and oxygen atoms in total. The smallest absolute Gasteiger partial charge is 0.407 e. The number of nitrogen functional groups attached to an aromatic ring is 1. The molecule has 0 fully saturated rings. The summed E-state index contributed by atoms with van der Waals surface area (Å²) < 4.78 is 5.10. The maximum Gasteiger partial charge on any atom is 0.407 e. The first-order valence-corrected chi connectivity index (χ1v) is 7.85. The topological polar surface area (TPSA) is 105 Å². The van der Waals surface area contributed by atoms with Crippen molar-refractivity contribution in [3.63, 3.8) is 0 Å². The first-order valence-electron chi connectivity index (χ1n) is 7.85.